The van der Waals surface area contributed by atoms with E-state index in [4.69, 9.17) is 4.74 Å². The van der Waals surface area contributed by atoms with Gasteiger partial charge in [0.25, 0.3) is 5.91 Å². The summed E-state index contributed by atoms with van der Waals surface area (Å²) in [4.78, 5) is 11.8. The Balaban J connectivity index is 1.87. The molecule has 0 radical (unpaired) electrons. The predicted molar refractivity (Wildman–Crippen MR) is 75.1 cm³/mol. The summed E-state index contributed by atoms with van der Waals surface area (Å²) in [6, 6.07) is 4.60. The van der Waals surface area contributed by atoms with Crippen LogP contribution in [0.3, 0.4) is 0 Å². The van der Waals surface area contributed by atoms with Gasteiger partial charge in [-0.1, -0.05) is 12.8 Å². The zero-order chi connectivity index (χ0) is 14.4. The van der Waals surface area contributed by atoms with Crippen LogP contribution in [0.2, 0.25) is 0 Å². The van der Waals surface area contributed by atoms with Gasteiger partial charge in [-0.05, 0) is 38.1 Å². The lowest BCUT2D eigenvalue weighted by molar-refractivity contribution is -0.123. The first-order valence-corrected chi connectivity index (χ1v) is 7.04. The third kappa shape index (κ3) is 4.20. The molecule has 20 heavy (non-hydrogen) atoms. The lowest BCUT2D eigenvalue weighted by Gasteiger charge is -2.14. The number of amides is 1. The van der Waals surface area contributed by atoms with Crippen LogP contribution < -0.4 is 15.4 Å². The summed E-state index contributed by atoms with van der Waals surface area (Å²) in [6.07, 6.45) is 4.45. The van der Waals surface area contributed by atoms with Crippen LogP contribution in [-0.4, -0.2) is 25.6 Å². The van der Waals surface area contributed by atoms with E-state index in [1.54, 1.807) is 13.1 Å². The molecule has 0 unspecified atom stereocenters. The van der Waals surface area contributed by atoms with Crippen molar-refractivity contribution < 1.29 is 13.9 Å². The first-order chi connectivity index (χ1) is 9.69. The van der Waals surface area contributed by atoms with Gasteiger partial charge < -0.3 is 15.4 Å². The van der Waals surface area contributed by atoms with Crippen LogP contribution in [0.25, 0.3) is 0 Å². The van der Waals surface area contributed by atoms with Crippen LogP contribution >= 0.6 is 0 Å². The van der Waals surface area contributed by atoms with Crippen LogP contribution in [0.4, 0.5) is 4.39 Å². The molecule has 1 amide bonds. The fourth-order valence-electron chi connectivity index (χ4n) is 2.50. The van der Waals surface area contributed by atoms with E-state index in [1.807, 2.05) is 0 Å². The second-order valence-electron chi connectivity index (χ2n) is 5.12. The minimum absolute atomic E-state index is 0.0289. The average Bonchev–Trinajstić information content (AvgIpc) is 2.91. The van der Waals surface area contributed by atoms with Gasteiger partial charge in [0, 0.05) is 18.2 Å². The standard InChI is InChI=1S/C15H21FN2O2/c1-17-9-11-8-12(16)6-7-14(11)20-10-15(19)18-13-4-2-3-5-13/h6-8,13,17H,2-5,9-10H2,1H3,(H,18,19). The Hall–Kier alpha value is -1.62. The molecule has 0 spiro atoms. The van der Waals surface area contributed by atoms with Crippen molar-refractivity contribution >= 4 is 5.91 Å². The number of halogens is 1. The second kappa shape index (κ2) is 7.24. The van der Waals surface area contributed by atoms with Gasteiger partial charge in [0.05, 0.1) is 0 Å². The first kappa shape index (κ1) is 14.8. The maximum atomic E-state index is 13.2. The predicted octanol–water partition coefficient (Wildman–Crippen LogP) is 1.98. The van der Waals surface area contributed by atoms with Gasteiger partial charge in [-0.3, -0.25) is 4.79 Å². The first-order valence-electron chi connectivity index (χ1n) is 7.04. The average molecular weight is 280 g/mol. The molecule has 4 nitrogen and oxygen atoms in total. The van der Waals surface area contributed by atoms with E-state index in [0.29, 0.717) is 17.9 Å². The molecule has 2 N–H and O–H groups in total. The van der Waals surface area contributed by atoms with Crippen molar-refractivity contribution in [2.24, 2.45) is 0 Å². The zero-order valence-corrected chi connectivity index (χ0v) is 11.7. The minimum Gasteiger partial charge on any atom is -0.483 e. The number of hydrogen-bond donors (Lipinski definition) is 2. The zero-order valence-electron chi connectivity index (χ0n) is 11.7. The Morgan fingerprint density at radius 1 is 1.40 bits per heavy atom. The Kier molecular flexibility index (Phi) is 5.35. The normalized spacial score (nSPS) is 15.3. The summed E-state index contributed by atoms with van der Waals surface area (Å²) in [5, 5.41) is 5.91. The van der Waals surface area contributed by atoms with Crippen molar-refractivity contribution in [2.75, 3.05) is 13.7 Å². The lowest BCUT2D eigenvalue weighted by atomic mass is 10.2. The summed E-state index contributed by atoms with van der Waals surface area (Å²) in [7, 11) is 1.78. The molecule has 1 aliphatic rings. The van der Waals surface area contributed by atoms with Crippen molar-refractivity contribution in [3.63, 3.8) is 0 Å². The number of hydrogen-bond acceptors (Lipinski definition) is 3. The van der Waals surface area contributed by atoms with E-state index in [2.05, 4.69) is 10.6 Å². The molecule has 1 aliphatic carbocycles. The highest BCUT2D eigenvalue weighted by Crippen LogP contribution is 2.20. The van der Waals surface area contributed by atoms with E-state index in [-0.39, 0.29) is 24.4 Å². The van der Waals surface area contributed by atoms with E-state index >= 15 is 0 Å². The molecule has 2 rings (SSSR count). The molecule has 0 heterocycles. The molecule has 1 fully saturated rings. The van der Waals surface area contributed by atoms with Gasteiger partial charge in [0.2, 0.25) is 0 Å². The van der Waals surface area contributed by atoms with Crippen LogP contribution in [0.15, 0.2) is 18.2 Å². The van der Waals surface area contributed by atoms with Gasteiger partial charge in [-0.15, -0.1) is 0 Å². The SMILES string of the molecule is CNCc1cc(F)ccc1OCC(=O)NC1CCCC1. The molecule has 0 aromatic heterocycles. The van der Waals surface area contributed by atoms with Gasteiger partial charge in [0.15, 0.2) is 6.61 Å². The number of carbonyl (C=O) groups excluding carboxylic acids is 1. The Morgan fingerprint density at radius 3 is 2.85 bits per heavy atom. The van der Waals surface area contributed by atoms with E-state index in [9.17, 15) is 9.18 Å². The molecule has 1 aromatic rings. The van der Waals surface area contributed by atoms with Gasteiger partial charge in [0.1, 0.15) is 11.6 Å². The fourth-order valence-corrected chi connectivity index (χ4v) is 2.50. The van der Waals surface area contributed by atoms with E-state index in [1.165, 1.54) is 25.0 Å². The van der Waals surface area contributed by atoms with Gasteiger partial charge >= 0.3 is 0 Å². The molecule has 5 heteroatoms. The third-order valence-corrected chi connectivity index (χ3v) is 3.47. The van der Waals surface area contributed by atoms with Crippen LogP contribution in [-0.2, 0) is 11.3 Å². The number of nitrogens with one attached hydrogen (secondary N) is 2. The highest BCUT2D eigenvalue weighted by atomic mass is 19.1. The summed E-state index contributed by atoms with van der Waals surface area (Å²) >= 11 is 0. The maximum absolute atomic E-state index is 13.2. The summed E-state index contributed by atoms with van der Waals surface area (Å²) in [6.45, 7) is 0.468. The molecule has 0 aliphatic heterocycles. The molecule has 0 atom stereocenters. The highest BCUT2D eigenvalue weighted by Gasteiger charge is 2.17. The smallest absolute Gasteiger partial charge is 0.258 e. The molecule has 1 aromatic carbocycles. The number of ether oxygens (including phenoxy) is 1. The summed E-state index contributed by atoms with van der Waals surface area (Å²) in [5.74, 6) is 0.122. The van der Waals surface area contributed by atoms with Gasteiger partial charge in [-0.25, -0.2) is 4.39 Å². The van der Waals surface area contributed by atoms with Crippen molar-refractivity contribution in [2.45, 2.75) is 38.3 Å². The van der Waals surface area contributed by atoms with Gasteiger partial charge in [-0.2, -0.15) is 0 Å². The second-order valence-corrected chi connectivity index (χ2v) is 5.12. The Bertz CT molecular complexity index is 459. The molecule has 0 bridgehead atoms. The third-order valence-electron chi connectivity index (χ3n) is 3.47. The van der Waals surface area contributed by atoms with Crippen molar-refractivity contribution in [1.82, 2.24) is 10.6 Å². The number of carbonyl (C=O) groups is 1. The van der Waals surface area contributed by atoms with Crippen molar-refractivity contribution in [3.05, 3.63) is 29.6 Å². The monoisotopic (exact) mass is 280 g/mol. The maximum Gasteiger partial charge on any atom is 0.258 e. The molecule has 0 saturated heterocycles. The molecular formula is C15H21FN2O2. The van der Waals surface area contributed by atoms with E-state index < -0.39 is 0 Å². The lowest BCUT2D eigenvalue weighted by Crippen LogP contribution is -2.36. The molecule has 110 valence electrons. The quantitative estimate of drug-likeness (QED) is 0.838. The van der Waals surface area contributed by atoms with Crippen LogP contribution in [0, 0.1) is 5.82 Å². The minimum atomic E-state index is -0.307. The van der Waals surface area contributed by atoms with Crippen molar-refractivity contribution in [3.8, 4) is 5.75 Å². The fraction of sp³-hybridized carbons (Fsp3) is 0.533. The Morgan fingerprint density at radius 2 is 2.15 bits per heavy atom. The van der Waals surface area contributed by atoms with Crippen LogP contribution in [0.1, 0.15) is 31.2 Å². The Labute approximate surface area is 118 Å². The van der Waals surface area contributed by atoms with Crippen molar-refractivity contribution in [1.29, 1.82) is 0 Å². The molecule has 1 saturated carbocycles. The highest BCUT2D eigenvalue weighted by molar-refractivity contribution is 5.77. The number of benzene rings is 1. The largest absolute Gasteiger partial charge is 0.483 e. The molecular weight excluding hydrogens is 259 g/mol. The summed E-state index contributed by atoms with van der Waals surface area (Å²) in [5.41, 5.74) is 0.709. The van der Waals surface area contributed by atoms with Crippen LogP contribution in [0.5, 0.6) is 5.75 Å². The number of rotatable bonds is 6. The van der Waals surface area contributed by atoms with E-state index in [0.717, 1.165) is 12.8 Å². The summed E-state index contributed by atoms with van der Waals surface area (Å²) < 4.78 is 18.7. The topological polar surface area (TPSA) is 50.4 Å².